The van der Waals surface area contributed by atoms with Crippen molar-refractivity contribution in [3.8, 4) is 11.5 Å². The van der Waals surface area contributed by atoms with Gasteiger partial charge in [-0.1, -0.05) is 0 Å². The number of hydrogen-bond acceptors (Lipinski definition) is 4. The monoisotopic (exact) mass is 257 g/mol. The molecule has 1 aromatic rings. The summed E-state index contributed by atoms with van der Waals surface area (Å²) in [5, 5.41) is 8.72. The maximum atomic E-state index is 12.8. The number of aliphatic carboxylic acids is 1. The van der Waals surface area contributed by atoms with E-state index in [1.807, 2.05) is 0 Å². The number of carboxylic acids is 1. The number of hydrogen-bond donors (Lipinski definition) is 2. The highest BCUT2D eigenvalue weighted by molar-refractivity contribution is 5.68. The van der Waals surface area contributed by atoms with E-state index in [0.29, 0.717) is 22.6 Å². The molecule has 0 saturated heterocycles. The second kappa shape index (κ2) is 6.20. The first-order chi connectivity index (χ1) is 8.53. The third-order valence-corrected chi connectivity index (χ3v) is 2.57. The van der Waals surface area contributed by atoms with Crippen molar-refractivity contribution in [2.24, 2.45) is 5.73 Å². The molecule has 18 heavy (non-hydrogen) atoms. The molecule has 0 aliphatic rings. The summed E-state index contributed by atoms with van der Waals surface area (Å²) in [5.74, 6) is -0.291. The van der Waals surface area contributed by atoms with Crippen LogP contribution in [0.15, 0.2) is 12.1 Å². The van der Waals surface area contributed by atoms with Gasteiger partial charge in [0.25, 0.3) is 0 Å². The first kappa shape index (κ1) is 14.2. The molecule has 5 nitrogen and oxygen atoms in total. The van der Waals surface area contributed by atoms with E-state index in [0.717, 1.165) is 0 Å². The van der Waals surface area contributed by atoms with Crippen molar-refractivity contribution in [2.75, 3.05) is 14.2 Å². The molecule has 0 radical (unpaired) electrons. The van der Waals surface area contributed by atoms with Crippen molar-refractivity contribution >= 4 is 5.97 Å². The molecule has 1 unspecified atom stereocenters. The van der Waals surface area contributed by atoms with E-state index < -0.39 is 18.7 Å². The number of benzene rings is 1. The summed E-state index contributed by atoms with van der Waals surface area (Å²) in [6.45, 7) is -0.722. The van der Waals surface area contributed by atoms with Crippen LogP contribution in [-0.4, -0.2) is 25.3 Å². The molecule has 1 atom stereocenters. The first-order valence-corrected chi connectivity index (χ1v) is 5.31. The van der Waals surface area contributed by atoms with Crippen LogP contribution in [-0.2, 0) is 11.5 Å². The summed E-state index contributed by atoms with van der Waals surface area (Å²) in [4.78, 5) is 10.6. The molecule has 0 aromatic heterocycles. The number of ether oxygens (including phenoxy) is 2. The molecule has 0 heterocycles. The lowest BCUT2D eigenvalue weighted by molar-refractivity contribution is -0.137. The number of carboxylic acid groups (broad SMARTS) is 1. The van der Waals surface area contributed by atoms with E-state index in [1.54, 1.807) is 0 Å². The Labute approximate surface area is 104 Å². The second-order valence-corrected chi connectivity index (χ2v) is 3.74. The molecular formula is C12H16FNO4. The highest BCUT2D eigenvalue weighted by atomic mass is 19.1. The zero-order valence-electron chi connectivity index (χ0n) is 10.3. The van der Waals surface area contributed by atoms with Crippen molar-refractivity contribution in [1.29, 1.82) is 0 Å². The number of alkyl halides is 1. The topological polar surface area (TPSA) is 81.8 Å². The van der Waals surface area contributed by atoms with Gasteiger partial charge in [-0.15, -0.1) is 0 Å². The molecule has 0 spiro atoms. The summed E-state index contributed by atoms with van der Waals surface area (Å²) < 4.78 is 23.0. The maximum absolute atomic E-state index is 12.8. The Balaban J connectivity index is 3.20. The average molecular weight is 257 g/mol. The average Bonchev–Trinajstić information content (AvgIpc) is 2.36. The molecule has 0 saturated carbocycles. The number of halogens is 1. The predicted molar refractivity (Wildman–Crippen MR) is 63.5 cm³/mol. The molecule has 1 aromatic carbocycles. The van der Waals surface area contributed by atoms with Crippen LogP contribution in [0, 0.1) is 0 Å². The Kier molecular flexibility index (Phi) is 4.91. The lowest BCUT2D eigenvalue weighted by Gasteiger charge is -2.17. The van der Waals surface area contributed by atoms with Crippen molar-refractivity contribution in [2.45, 2.75) is 19.1 Å². The Morgan fingerprint density at radius 1 is 1.39 bits per heavy atom. The molecular weight excluding hydrogens is 241 g/mol. The molecule has 1 rings (SSSR count). The van der Waals surface area contributed by atoms with E-state index in [-0.39, 0.29) is 6.42 Å². The summed E-state index contributed by atoms with van der Waals surface area (Å²) in [7, 11) is 2.85. The normalized spacial score (nSPS) is 12.0. The van der Waals surface area contributed by atoms with Crippen LogP contribution in [0.2, 0.25) is 0 Å². The summed E-state index contributed by atoms with van der Waals surface area (Å²) >= 11 is 0. The number of carbonyl (C=O) groups is 1. The van der Waals surface area contributed by atoms with Gasteiger partial charge in [-0.2, -0.15) is 0 Å². The van der Waals surface area contributed by atoms with Crippen LogP contribution < -0.4 is 15.2 Å². The molecule has 3 N–H and O–H groups in total. The van der Waals surface area contributed by atoms with Gasteiger partial charge >= 0.3 is 5.97 Å². The van der Waals surface area contributed by atoms with Crippen LogP contribution in [0.4, 0.5) is 4.39 Å². The van der Waals surface area contributed by atoms with E-state index >= 15 is 0 Å². The Bertz CT molecular complexity index is 436. The van der Waals surface area contributed by atoms with E-state index in [9.17, 15) is 9.18 Å². The van der Waals surface area contributed by atoms with Gasteiger partial charge in [-0.25, -0.2) is 4.39 Å². The maximum Gasteiger partial charge on any atom is 0.305 e. The largest absolute Gasteiger partial charge is 0.496 e. The van der Waals surface area contributed by atoms with Crippen molar-refractivity contribution in [3.05, 3.63) is 23.3 Å². The Morgan fingerprint density at radius 3 is 2.44 bits per heavy atom. The molecule has 0 fully saturated rings. The first-order valence-electron chi connectivity index (χ1n) is 5.31. The van der Waals surface area contributed by atoms with Crippen LogP contribution in [0.1, 0.15) is 23.6 Å². The van der Waals surface area contributed by atoms with Crippen molar-refractivity contribution in [3.63, 3.8) is 0 Å². The smallest absolute Gasteiger partial charge is 0.305 e. The van der Waals surface area contributed by atoms with Crippen LogP contribution >= 0.6 is 0 Å². The Hall–Kier alpha value is -1.82. The fraction of sp³-hybridized carbons (Fsp3) is 0.417. The van der Waals surface area contributed by atoms with Gasteiger partial charge in [-0.05, 0) is 6.07 Å². The molecule has 0 aliphatic heterocycles. The minimum absolute atomic E-state index is 0.256. The zero-order chi connectivity index (χ0) is 13.7. The van der Waals surface area contributed by atoms with Gasteiger partial charge in [0, 0.05) is 23.2 Å². The quantitative estimate of drug-likeness (QED) is 0.809. The van der Waals surface area contributed by atoms with Crippen LogP contribution in [0.3, 0.4) is 0 Å². The van der Waals surface area contributed by atoms with Crippen LogP contribution in [0.25, 0.3) is 0 Å². The van der Waals surface area contributed by atoms with Gasteiger partial charge in [0.05, 0.1) is 20.6 Å². The number of methoxy groups -OCH3 is 2. The van der Waals surface area contributed by atoms with Gasteiger partial charge in [0.15, 0.2) is 0 Å². The highest BCUT2D eigenvalue weighted by Crippen LogP contribution is 2.33. The minimum Gasteiger partial charge on any atom is -0.496 e. The number of rotatable bonds is 6. The van der Waals surface area contributed by atoms with Gasteiger partial charge in [-0.3, -0.25) is 4.79 Å². The fourth-order valence-corrected chi connectivity index (χ4v) is 1.68. The second-order valence-electron chi connectivity index (χ2n) is 3.74. The molecule has 0 aliphatic carbocycles. The third-order valence-electron chi connectivity index (χ3n) is 2.57. The van der Waals surface area contributed by atoms with E-state index in [4.69, 9.17) is 20.3 Å². The fourth-order valence-electron chi connectivity index (χ4n) is 1.68. The van der Waals surface area contributed by atoms with E-state index in [1.165, 1.54) is 26.4 Å². The summed E-state index contributed by atoms with van der Waals surface area (Å²) in [5.41, 5.74) is 6.53. The lowest BCUT2D eigenvalue weighted by atomic mass is 10.0. The van der Waals surface area contributed by atoms with Gasteiger partial charge in [0.1, 0.15) is 18.2 Å². The number of nitrogens with two attached hydrogens (primary N) is 1. The lowest BCUT2D eigenvalue weighted by Crippen LogP contribution is -2.16. The van der Waals surface area contributed by atoms with Crippen molar-refractivity contribution < 1.29 is 23.8 Å². The van der Waals surface area contributed by atoms with Gasteiger partial charge < -0.3 is 20.3 Å². The Morgan fingerprint density at radius 2 is 2.00 bits per heavy atom. The standard InChI is InChI=1S/C12H16FNO4/c1-17-10-5-11(18-2)8(3-7(10)6-13)9(14)4-12(15)16/h3,5,9H,4,6,14H2,1-2H3,(H,15,16). The van der Waals surface area contributed by atoms with Crippen LogP contribution in [0.5, 0.6) is 11.5 Å². The zero-order valence-corrected chi connectivity index (χ0v) is 10.3. The summed E-state index contributed by atoms with van der Waals surface area (Å²) in [6.07, 6.45) is -0.256. The van der Waals surface area contributed by atoms with Gasteiger partial charge in [0.2, 0.25) is 0 Å². The minimum atomic E-state index is -1.03. The molecule has 6 heteroatoms. The van der Waals surface area contributed by atoms with E-state index in [2.05, 4.69) is 0 Å². The molecule has 0 amide bonds. The molecule has 100 valence electrons. The third kappa shape index (κ3) is 3.10. The predicted octanol–water partition coefficient (Wildman–Crippen LogP) is 1.65. The molecule has 0 bridgehead atoms. The summed E-state index contributed by atoms with van der Waals surface area (Å²) in [6, 6.07) is 2.23. The highest BCUT2D eigenvalue weighted by Gasteiger charge is 2.18. The SMILES string of the molecule is COc1cc(OC)c(C(N)CC(=O)O)cc1CF. The van der Waals surface area contributed by atoms with Crippen molar-refractivity contribution in [1.82, 2.24) is 0 Å².